The van der Waals surface area contributed by atoms with Crippen LogP contribution in [0.5, 0.6) is 0 Å². The molecule has 3 nitrogen and oxygen atoms in total. The van der Waals surface area contributed by atoms with Gasteiger partial charge in [0.25, 0.3) is 0 Å². The van der Waals surface area contributed by atoms with E-state index in [-0.39, 0.29) is 0 Å². The molecule has 2 atom stereocenters. The van der Waals surface area contributed by atoms with Crippen LogP contribution in [0.2, 0.25) is 0 Å². The van der Waals surface area contributed by atoms with E-state index in [4.69, 9.17) is 0 Å². The third-order valence-corrected chi connectivity index (χ3v) is 5.71. The molecule has 25 heavy (non-hydrogen) atoms. The minimum atomic E-state index is 0.323. The number of carbonyl (C=O) groups excluding carboxylic acids is 1. The molecule has 0 aliphatic carbocycles. The number of benzene rings is 2. The van der Waals surface area contributed by atoms with Gasteiger partial charge in [-0.3, -0.25) is 4.79 Å². The Morgan fingerprint density at radius 3 is 2.12 bits per heavy atom. The van der Waals surface area contributed by atoms with E-state index in [1.165, 1.54) is 16.7 Å². The topological polar surface area (TPSA) is 23.6 Å². The molecule has 2 saturated heterocycles. The van der Waals surface area contributed by atoms with E-state index in [1.54, 1.807) is 0 Å². The first-order valence-electron chi connectivity index (χ1n) is 9.30. The lowest BCUT2D eigenvalue weighted by molar-refractivity contribution is -0.130. The van der Waals surface area contributed by atoms with Crippen LogP contribution in [0.25, 0.3) is 11.1 Å². The van der Waals surface area contributed by atoms with Crippen LogP contribution >= 0.6 is 0 Å². The minimum Gasteiger partial charge on any atom is -0.342 e. The molecule has 0 N–H and O–H groups in total. The number of hydrogen-bond acceptors (Lipinski definition) is 2. The van der Waals surface area contributed by atoms with Crippen LogP contribution in [0.15, 0.2) is 54.6 Å². The van der Waals surface area contributed by atoms with E-state index in [0.29, 0.717) is 24.2 Å². The first-order chi connectivity index (χ1) is 12.2. The van der Waals surface area contributed by atoms with Gasteiger partial charge in [0.1, 0.15) is 0 Å². The molecule has 2 unspecified atom stereocenters. The van der Waals surface area contributed by atoms with Gasteiger partial charge in [-0.05, 0) is 42.0 Å². The van der Waals surface area contributed by atoms with Gasteiger partial charge in [-0.1, -0.05) is 54.6 Å². The fourth-order valence-corrected chi connectivity index (χ4v) is 4.34. The van der Waals surface area contributed by atoms with Crippen LogP contribution in [0.4, 0.5) is 0 Å². The molecule has 2 heterocycles. The zero-order chi connectivity index (χ0) is 17.2. The van der Waals surface area contributed by atoms with E-state index in [0.717, 1.165) is 32.6 Å². The van der Waals surface area contributed by atoms with Crippen LogP contribution in [0.3, 0.4) is 0 Å². The summed E-state index contributed by atoms with van der Waals surface area (Å²) in [5.41, 5.74) is 3.71. The number of likely N-dealkylation sites (tertiary alicyclic amines) is 2. The first kappa shape index (κ1) is 16.3. The lowest BCUT2D eigenvalue weighted by Gasteiger charge is -2.19. The Labute approximate surface area is 150 Å². The number of hydrogen-bond donors (Lipinski definition) is 0. The summed E-state index contributed by atoms with van der Waals surface area (Å²) >= 11 is 0. The van der Waals surface area contributed by atoms with E-state index in [9.17, 15) is 4.79 Å². The Hall–Kier alpha value is -2.13. The van der Waals surface area contributed by atoms with E-state index in [2.05, 4.69) is 65.4 Å². The van der Waals surface area contributed by atoms with Crippen LogP contribution < -0.4 is 0 Å². The summed E-state index contributed by atoms with van der Waals surface area (Å²) in [7, 11) is 2.18. The lowest BCUT2D eigenvalue weighted by Crippen LogP contribution is -2.32. The monoisotopic (exact) mass is 334 g/mol. The third kappa shape index (κ3) is 3.62. The SMILES string of the molecule is CN1CC2CN(C(=O)CCc3ccc(-c4ccccc4)cc3)CC2C1. The summed E-state index contributed by atoms with van der Waals surface area (Å²) in [6, 6.07) is 19.0. The van der Waals surface area contributed by atoms with E-state index < -0.39 is 0 Å². The number of aryl methyl sites for hydroxylation is 1. The summed E-state index contributed by atoms with van der Waals surface area (Å²) < 4.78 is 0. The van der Waals surface area contributed by atoms with Crippen LogP contribution in [-0.2, 0) is 11.2 Å². The van der Waals surface area contributed by atoms with Crippen molar-refractivity contribution >= 4 is 5.91 Å². The summed E-state index contributed by atoms with van der Waals surface area (Å²) in [5, 5.41) is 0. The van der Waals surface area contributed by atoms with Crippen molar-refractivity contribution in [3.05, 3.63) is 60.2 Å². The average molecular weight is 334 g/mol. The molecule has 3 heteroatoms. The fraction of sp³-hybridized carbons (Fsp3) is 0.409. The van der Waals surface area contributed by atoms with Crippen molar-refractivity contribution in [2.75, 3.05) is 33.2 Å². The Bertz CT molecular complexity index is 711. The van der Waals surface area contributed by atoms with E-state index in [1.807, 2.05) is 6.07 Å². The number of nitrogens with zero attached hydrogens (tertiary/aromatic N) is 2. The second-order valence-corrected chi connectivity index (χ2v) is 7.60. The highest BCUT2D eigenvalue weighted by molar-refractivity contribution is 5.77. The molecule has 2 aliphatic heterocycles. The van der Waals surface area contributed by atoms with Gasteiger partial charge in [-0.15, -0.1) is 0 Å². The Balaban J connectivity index is 1.31. The molecule has 0 aromatic heterocycles. The summed E-state index contributed by atoms with van der Waals surface area (Å²) in [6.45, 7) is 4.21. The smallest absolute Gasteiger partial charge is 0.222 e. The minimum absolute atomic E-state index is 0.323. The molecule has 1 amide bonds. The molecule has 0 radical (unpaired) electrons. The number of fused-ring (bicyclic) bond motifs is 1. The highest BCUT2D eigenvalue weighted by Gasteiger charge is 2.39. The van der Waals surface area contributed by atoms with Gasteiger partial charge < -0.3 is 9.80 Å². The molecule has 4 rings (SSSR count). The molecular formula is C22H26N2O. The second kappa shape index (κ2) is 7.01. The van der Waals surface area contributed by atoms with Crippen molar-refractivity contribution in [3.8, 4) is 11.1 Å². The van der Waals surface area contributed by atoms with Crippen molar-refractivity contribution in [1.29, 1.82) is 0 Å². The van der Waals surface area contributed by atoms with Gasteiger partial charge in [0.05, 0.1) is 0 Å². The number of amides is 1. The summed E-state index contributed by atoms with van der Waals surface area (Å²) in [5.74, 6) is 1.71. The molecule has 130 valence electrons. The number of carbonyl (C=O) groups is 1. The van der Waals surface area contributed by atoms with Crippen molar-refractivity contribution in [2.24, 2.45) is 11.8 Å². The summed E-state index contributed by atoms with van der Waals surface area (Å²) in [6.07, 6.45) is 1.46. The van der Waals surface area contributed by atoms with Gasteiger partial charge in [0.2, 0.25) is 5.91 Å². The zero-order valence-corrected chi connectivity index (χ0v) is 14.9. The Kier molecular flexibility index (Phi) is 4.58. The maximum Gasteiger partial charge on any atom is 0.222 e. The quantitative estimate of drug-likeness (QED) is 0.856. The normalized spacial score (nSPS) is 23.0. The maximum atomic E-state index is 12.5. The van der Waals surface area contributed by atoms with Gasteiger partial charge >= 0.3 is 0 Å². The first-order valence-corrected chi connectivity index (χ1v) is 9.30. The molecule has 0 saturated carbocycles. The van der Waals surface area contributed by atoms with Gasteiger partial charge in [-0.2, -0.15) is 0 Å². The average Bonchev–Trinajstić information content (AvgIpc) is 3.18. The van der Waals surface area contributed by atoms with Crippen LogP contribution in [0, 0.1) is 11.8 Å². The Morgan fingerprint density at radius 2 is 1.48 bits per heavy atom. The van der Waals surface area contributed by atoms with Gasteiger partial charge in [0, 0.05) is 32.6 Å². The molecule has 2 aromatic carbocycles. The molecule has 2 aliphatic rings. The molecular weight excluding hydrogens is 308 g/mol. The molecule has 2 aromatic rings. The van der Waals surface area contributed by atoms with Crippen molar-refractivity contribution in [2.45, 2.75) is 12.8 Å². The van der Waals surface area contributed by atoms with Gasteiger partial charge in [-0.25, -0.2) is 0 Å². The zero-order valence-electron chi connectivity index (χ0n) is 14.9. The predicted molar refractivity (Wildman–Crippen MR) is 101 cm³/mol. The standard InChI is InChI=1S/C22H26N2O/c1-23-13-20-15-24(16-21(20)14-23)22(25)12-9-17-7-10-19(11-8-17)18-5-3-2-4-6-18/h2-8,10-11,20-21H,9,12-16H2,1H3. The lowest BCUT2D eigenvalue weighted by atomic mass is 10.0. The van der Waals surface area contributed by atoms with Crippen molar-refractivity contribution < 1.29 is 4.79 Å². The predicted octanol–water partition coefficient (Wildman–Crippen LogP) is 3.31. The van der Waals surface area contributed by atoms with Crippen molar-refractivity contribution in [1.82, 2.24) is 9.80 Å². The van der Waals surface area contributed by atoms with Crippen molar-refractivity contribution in [3.63, 3.8) is 0 Å². The van der Waals surface area contributed by atoms with Crippen LogP contribution in [-0.4, -0.2) is 48.9 Å². The fourth-order valence-electron chi connectivity index (χ4n) is 4.34. The number of rotatable bonds is 4. The molecule has 0 spiro atoms. The largest absolute Gasteiger partial charge is 0.342 e. The summed E-state index contributed by atoms with van der Waals surface area (Å²) in [4.78, 5) is 17.0. The third-order valence-electron chi connectivity index (χ3n) is 5.71. The molecule has 2 fully saturated rings. The maximum absolute atomic E-state index is 12.5. The Morgan fingerprint density at radius 1 is 0.880 bits per heavy atom. The van der Waals surface area contributed by atoms with Crippen LogP contribution in [0.1, 0.15) is 12.0 Å². The highest BCUT2D eigenvalue weighted by Crippen LogP contribution is 2.30. The highest BCUT2D eigenvalue weighted by atomic mass is 16.2. The van der Waals surface area contributed by atoms with E-state index >= 15 is 0 Å². The van der Waals surface area contributed by atoms with Gasteiger partial charge in [0.15, 0.2) is 0 Å². The molecule has 0 bridgehead atoms. The second-order valence-electron chi connectivity index (χ2n) is 7.60.